The van der Waals surface area contributed by atoms with E-state index >= 15 is 0 Å². The van der Waals surface area contributed by atoms with Crippen LogP contribution in [0.25, 0.3) is 10.9 Å². The molecule has 7 unspecified atom stereocenters. The van der Waals surface area contributed by atoms with Crippen LogP contribution in [0.3, 0.4) is 0 Å². The Morgan fingerprint density at radius 1 is 0.615 bits per heavy atom. The quantitative estimate of drug-likeness (QED) is 0.0713. The number of aromatic hydroxyl groups is 1. The standard InChI is InChI=1S/C16H21NO.C14H20O2.C10H20O.C9H17NO.C9H18O2.C7H14O2.2CH4/c1-4-12(16(18)11(2)3)9-13-10-17-15-8-6-5-7-14(13)15;1-4-12(14(16)10(2)3)9-11-5-7-13(15)8-6-11;1-6-9(7(2)3)10(11)8(4)5;1-7(2)9(11)8-5-4-6-10(8)3;1-5-8(7(4)10)9(11)6(2)3;1-5(2)7(9)6(3)4-8;;/h5-8,10-12,17H,4,9H2,1-3H3;5-8,10,12,15H,4,9H2,1-3H3;7-9H,6H2,1-5H3;7-8H,4-6H2,1-3H3;6-8,10H,5H2,1-4H3;5-6,8H,4H2,1-3H3;2*1H4/i;;;;;3T;;. The molecule has 0 aliphatic carbocycles. The molecule has 2 heterocycles. The summed E-state index contributed by atoms with van der Waals surface area (Å²) in [4.78, 5) is 74.9. The van der Waals surface area contributed by atoms with Crippen molar-refractivity contribution in [3.8, 4) is 5.75 Å². The van der Waals surface area contributed by atoms with Crippen molar-refractivity contribution in [2.24, 2.45) is 71.0 Å². The largest absolute Gasteiger partial charge is 0.508 e. The van der Waals surface area contributed by atoms with Crippen molar-refractivity contribution in [3.63, 3.8) is 0 Å². The first-order valence-corrected chi connectivity index (χ1v) is 28.8. The van der Waals surface area contributed by atoms with Crippen LogP contribution in [0.4, 0.5) is 0 Å². The highest BCUT2D eigenvalue weighted by Crippen LogP contribution is 2.25. The van der Waals surface area contributed by atoms with Gasteiger partial charge < -0.3 is 20.3 Å². The lowest BCUT2D eigenvalue weighted by molar-refractivity contribution is -0.129. The Morgan fingerprint density at radius 3 is 1.38 bits per heavy atom. The number of hydrogen-bond donors (Lipinski definition) is 4. The summed E-state index contributed by atoms with van der Waals surface area (Å²) in [5.74, 6) is 2.91. The number of aromatic amines is 1. The van der Waals surface area contributed by atoms with Gasteiger partial charge in [-0.25, -0.2) is 0 Å². The van der Waals surface area contributed by atoms with Crippen molar-refractivity contribution in [2.75, 3.05) is 20.2 Å². The number of ketones is 6. The molecule has 7 atom stereocenters. The first kappa shape index (κ1) is 77.9. The molecular weight excluding hydrogens is 977 g/mol. The second-order valence-electron chi connectivity index (χ2n) is 23.0. The number of likely N-dealkylation sites (tertiary alicyclic amines) is 1. The lowest BCUT2D eigenvalue weighted by Crippen LogP contribution is -2.35. The molecule has 0 radical (unpaired) electrons. The molecule has 11 heteroatoms. The minimum Gasteiger partial charge on any atom is -0.508 e. The Kier molecular flexibility index (Phi) is 42.5. The number of phenolic OH excluding ortho intramolecular Hbond substituents is 1. The molecule has 0 bridgehead atoms. The minimum absolute atomic E-state index is 0. The number of Topliss-reactive ketones (excluding diaryl/α,β-unsaturated/α-hetero) is 6. The van der Waals surface area contributed by atoms with E-state index in [4.69, 9.17) is 6.48 Å². The first-order chi connectivity index (χ1) is 35.9. The zero-order valence-electron chi connectivity index (χ0n) is 52.3. The molecule has 0 spiro atoms. The number of aromatic nitrogens is 1. The van der Waals surface area contributed by atoms with Crippen LogP contribution >= 0.6 is 0 Å². The monoisotopic (exact) mass is 1100 g/mol. The van der Waals surface area contributed by atoms with E-state index in [1.165, 1.54) is 17.4 Å². The van der Waals surface area contributed by atoms with Crippen LogP contribution in [0, 0.1) is 71.0 Å². The molecule has 2 aromatic carbocycles. The lowest BCUT2D eigenvalue weighted by atomic mass is 9.84. The fourth-order valence-corrected chi connectivity index (χ4v) is 9.17. The number of likely N-dealkylation sites (N-methyl/N-ethyl adjacent to an activating group) is 1. The summed E-state index contributed by atoms with van der Waals surface area (Å²) in [7, 11) is 2.04. The average Bonchev–Trinajstić information content (AvgIpc) is 4.01. The SMILES string of the molecule is C.C.CC(C)C(=O)C1CCCN1C.CCC(C(=O)C(C)C)C(C)C.CCC(C(=O)C(C)C)C(C)O.CCC(Cc1c[nH]c2ccccc12)C(=O)C(C)C.CCC(Cc1ccc(O)cc1)C(=O)C(C)C.[3H]CC(CO)C(=O)C(C)C. The summed E-state index contributed by atoms with van der Waals surface area (Å²) in [6.07, 6.45) is 8.90. The van der Waals surface area contributed by atoms with Gasteiger partial charge in [-0.05, 0) is 107 Å². The Balaban J connectivity index is -0.000000432. The van der Waals surface area contributed by atoms with Gasteiger partial charge in [-0.3, -0.25) is 33.7 Å². The number of aliphatic hydroxyl groups excluding tert-OH is 2. The topological polar surface area (TPSA) is 182 Å². The van der Waals surface area contributed by atoms with Gasteiger partial charge in [0.1, 0.15) is 34.7 Å². The molecule has 1 aliphatic rings. The van der Waals surface area contributed by atoms with Gasteiger partial charge in [0.2, 0.25) is 0 Å². The Hall–Kier alpha value is -4.32. The van der Waals surface area contributed by atoms with Crippen LogP contribution < -0.4 is 0 Å². The van der Waals surface area contributed by atoms with Crippen molar-refractivity contribution >= 4 is 45.6 Å². The zero-order chi connectivity index (χ0) is 59.9. The molecule has 1 aromatic heterocycles. The second kappa shape index (κ2) is 42.6. The number of phenols is 1. The summed E-state index contributed by atoms with van der Waals surface area (Å²) in [5, 5.41) is 28.2. The van der Waals surface area contributed by atoms with E-state index in [1.54, 1.807) is 32.9 Å². The van der Waals surface area contributed by atoms with Gasteiger partial charge in [0, 0.05) is 83.6 Å². The average molecular weight is 1100 g/mol. The van der Waals surface area contributed by atoms with Crippen LogP contribution in [0.5, 0.6) is 5.75 Å². The van der Waals surface area contributed by atoms with Crippen molar-refractivity contribution in [3.05, 3.63) is 65.9 Å². The number of nitrogens with one attached hydrogen (secondary N) is 1. The second-order valence-corrected chi connectivity index (χ2v) is 23.0. The van der Waals surface area contributed by atoms with Gasteiger partial charge in [-0.2, -0.15) is 0 Å². The highest BCUT2D eigenvalue weighted by atomic mass is 16.3. The molecule has 1 fully saturated rings. The van der Waals surface area contributed by atoms with Crippen LogP contribution in [0.15, 0.2) is 54.7 Å². The minimum atomic E-state index is -0.505. The number of para-hydroxylation sites is 1. The van der Waals surface area contributed by atoms with E-state index in [0.29, 0.717) is 29.1 Å². The number of hydrogen-bond acceptors (Lipinski definition) is 10. The molecule has 1 saturated heterocycles. The summed E-state index contributed by atoms with van der Waals surface area (Å²) in [6, 6.07) is 15.6. The summed E-state index contributed by atoms with van der Waals surface area (Å²) < 4.78 is 6.90. The van der Waals surface area contributed by atoms with Gasteiger partial charge in [-0.1, -0.05) is 177 Å². The lowest BCUT2D eigenvalue weighted by Gasteiger charge is -2.19. The number of H-pyrrole nitrogens is 1. The van der Waals surface area contributed by atoms with Gasteiger partial charge in [0.15, 0.2) is 5.78 Å². The smallest absolute Gasteiger partial charge is 0.152 e. The predicted octanol–water partition coefficient (Wildman–Crippen LogP) is 15.1. The van der Waals surface area contributed by atoms with E-state index in [0.717, 1.165) is 62.6 Å². The van der Waals surface area contributed by atoms with E-state index in [9.17, 15) is 39.0 Å². The molecule has 4 rings (SSSR count). The molecule has 3 aromatic rings. The van der Waals surface area contributed by atoms with E-state index in [2.05, 4.69) is 49.7 Å². The molecule has 450 valence electrons. The number of fused-ring (bicyclic) bond motifs is 1. The van der Waals surface area contributed by atoms with Crippen LogP contribution in [-0.2, 0) is 41.6 Å². The summed E-state index contributed by atoms with van der Waals surface area (Å²) >= 11 is 0. The third-order valence-corrected chi connectivity index (χ3v) is 14.2. The normalized spacial score (nSPS) is 15.4. The van der Waals surface area contributed by atoms with Gasteiger partial charge >= 0.3 is 0 Å². The summed E-state index contributed by atoms with van der Waals surface area (Å²) in [5.41, 5.74) is 3.52. The highest BCUT2D eigenvalue weighted by Gasteiger charge is 2.29. The maximum Gasteiger partial charge on any atom is 0.152 e. The Bertz CT molecular complexity index is 2060. The fourth-order valence-electron chi connectivity index (χ4n) is 9.17. The van der Waals surface area contributed by atoms with Crippen molar-refractivity contribution < 1.29 is 45.5 Å². The third kappa shape index (κ3) is 29.8. The van der Waals surface area contributed by atoms with Crippen LogP contribution in [0.2, 0.25) is 0 Å². The van der Waals surface area contributed by atoms with Gasteiger partial charge in [0.25, 0.3) is 0 Å². The van der Waals surface area contributed by atoms with E-state index < -0.39 is 12.0 Å². The summed E-state index contributed by atoms with van der Waals surface area (Å²) in [6.45, 7) is 38.0. The number of nitrogens with zero attached hydrogens (tertiary/aromatic N) is 1. The molecule has 4 N–H and O–H groups in total. The van der Waals surface area contributed by atoms with Crippen LogP contribution in [-0.4, -0.2) is 92.2 Å². The molecule has 0 amide bonds. The molecule has 0 saturated carbocycles. The number of carbonyl (C=O) groups excluding carboxylic acids is 6. The van der Waals surface area contributed by atoms with Gasteiger partial charge in [-0.15, -0.1) is 0 Å². The van der Waals surface area contributed by atoms with Crippen molar-refractivity contribution in [2.45, 2.75) is 217 Å². The molecule has 78 heavy (non-hydrogen) atoms. The number of rotatable bonds is 23. The predicted molar refractivity (Wildman–Crippen MR) is 330 cm³/mol. The number of aliphatic hydroxyl groups is 2. The van der Waals surface area contributed by atoms with E-state index in [1.807, 2.05) is 121 Å². The van der Waals surface area contributed by atoms with E-state index in [-0.39, 0.29) is 111 Å². The maximum absolute atomic E-state index is 12.1. The van der Waals surface area contributed by atoms with Gasteiger partial charge in [0.05, 0.1) is 18.8 Å². The molecular formula is C67H118N2O9. The maximum atomic E-state index is 12.1. The fraction of sp³-hybridized carbons (Fsp3) is 0.701. The number of benzene rings is 2. The highest BCUT2D eigenvalue weighted by molar-refractivity contribution is 5.87. The first-order valence-electron chi connectivity index (χ1n) is 29.5. The van der Waals surface area contributed by atoms with Crippen LogP contribution in [0.1, 0.15) is 204 Å². The Morgan fingerprint density at radius 2 is 1.06 bits per heavy atom. The zero-order valence-corrected chi connectivity index (χ0v) is 51.3. The van der Waals surface area contributed by atoms with Crippen molar-refractivity contribution in [1.29, 1.82) is 0 Å². The third-order valence-electron chi connectivity index (χ3n) is 14.2. The Labute approximate surface area is 478 Å². The number of carbonyl (C=O) groups is 6. The molecule has 11 nitrogen and oxygen atoms in total. The van der Waals surface area contributed by atoms with Crippen molar-refractivity contribution in [1.82, 2.24) is 9.88 Å². The molecule has 1 aliphatic heterocycles.